The van der Waals surface area contributed by atoms with E-state index in [9.17, 15) is 0 Å². The molecule has 0 bridgehead atoms. The lowest BCUT2D eigenvalue weighted by molar-refractivity contribution is 0.403. The molecule has 1 N–H and O–H groups in total. The van der Waals surface area contributed by atoms with Gasteiger partial charge in [-0.1, -0.05) is 24.6 Å². The number of ether oxygens (including phenoxy) is 1. The molecule has 0 spiro atoms. The average Bonchev–Trinajstić information content (AvgIpc) is 2.91. The Kier molecular flexibility index (Phi) is 5.02. The SMILES string of the molecule is CCc1cc(C(NC)c2cc(C)ccc2OC)n(CC)n1. The van der Waals surface area contributed by atoms with Crippen LogP contribution >= 0.6 is 0 Å². The van der Waals surface area contributed by atoms with Crippen molar-refractivity contribution >= 4 is 0 Å². The molecule has 0 amide bonds. The van der Waals surface area contributed by atoms with E-state index in [0.717, 1.165) is 30.0 Å². The van der Waals surface area contributed by atoms with Gasteiger partial charge in [-0.3, -0.25) is 4.68 Å². The lowest BCUT2D eigenvalue weighted by atomic mass is 10.00. The van der Waals surface area contributed by atoms with Crippen molar-refractivity contribution < 1.29 is 4.74 Å². The van der Waals surface area contributed by atoms with Crippen LogP contribution in [0.25, 0.3) is 0 Å². The summed E-state index contributed by atoms with van der Waals surface area (Å²) < 4.78 is 7.61. The van der Waals surface area contributed by atoms with E-state index in [1.54, 1.807) is 7.11 Å². The van der Waals surface area contributed by atoms with Gasteiger partial charge in [0.15, 0.2) is 0 Å². The number of methoxy groups -OCH3 is 1. The van der Waals surface area contributed by atoms with Crippen molar-refractivity contribution in [3.63, 3.8) is 0 Å². The zero-order valence-corrected chi connectivity index (χ0v) is 13.6. The van der Waals surface area contributed by atoms with Crippen molar-refractivity contribution in [3.8, 4) is 5.75 Å². The second-order valence-electron chi connectivity index (χ2n) is 5.20. The van der Waals surface area contributed by atoms with Crippen LogP contribution in [0.4, 0.5) is 0 Å². The Balaban J connectivity index is 2.53. The number of aryl methyl sites for hydroxylation is 3. The van der Waals surface area contributed by atoms with Crippen LogP contribution in [0.1, 0.15) is 42.4 Å². The van der Waals surface area contributed by atoms with Gasteiger partial charge >= 0.3 is 0 Å². The smallest absolute Gasteiger partial charge is 0.124 e. The third kappa shape index (κ3) is 3.10. The Morgan fingerprint density at radius 3 is 2.62 bits per heavy atom. The molecule has 1 atom stereocenters. The maximum atomic E-state index is 5.54. The minimum Gasteiger partial charge on any atom is -0.496 e. The van der Waals surface area contributed by atoms with E-state index in [0.29, 0.717) is 0 Å². The first-order valence-electron chi connectivity index (χ1n) is 7.52. The second kappa shape index (κ2) is 6.76. The molecule has 21 heavy (non-hydrogen) atoms. The van der Waals surface area contributed by atoms with E-state index in [1.807, 2.05) is 13.1 Å². The highest BCUT2D eigenvalue weighted by Gasteiger charge is 2.21. The van der Waals surface area contributed by atoms with Gasteiger partial charge in [0.05, 0.1) is 24.5 Å². The number of hydrogen-bond donors (Lipinski definition) is 1. The van der Waals surface area contributed by atoms with Crippen molar-refractivity contribution in [2.75, 3.05) is 14.2 Å². The van der Waals surface area contributed by atoms with E-state index < -0.39 is 0 Å². The van der Waals surface area contributed by atoms with Crippen LogP contribution < -0.4 is 10.1 Å². The maximum absolute atomic E-state index is 5.54. The first-order valence-corrected chi connectivity index (χ1v) is 7.52. The highest BCUT2D eigenvalue weighted by atomic mass is 16.5. The summed E-state index contributed by atoms with van der Waals surface area (Å²) in [5.41, 5.74) is 4.68. The summed E-state index contributed by atoms with van der Waals surface area (Å²) in [6, 6.07) is 8.55. The molecule has 0 saturated heterocycles. The van der Waals surface area contributed by atoms with Gasteiger partial charge in [-0.2, -0.15) is 5.10 Å². The Labute approximate surface area is 127 Å². The zero-order valence-electron chi connectivity index (χ0n) is 13.6. The van der Waals surface area contributed by atoms with Gasteiger partial charge in [0.1, 0.15) is 5.75 Å². The van der Waals surface area contributed by atoms with Crippen LogP contribution in [0.15, 0.2) is 24.3 Å². The summed E-state index contributed by atoms with van der Waals surface area (Å²) in [5.74, 6) is 0.904. The Hall–Kier alpha value is -1.81. The number of aromatic nitrogens is 2. The standard InChI is InChI=1S/C17H25N3O/c1-6-13-11-15(20(7-2)19-13)17(18-4)14-10-12(3)8-9-16(14)21-5/h8-11,17-18H,6-7H2,1-5H3. The van der Waals surface area contributed by atoms with Crippen LogP contribution in [-0.2, 0) is 13.0 Å². The Morgan fingerprint density at radius 1 is 1.29 bits per heavy atom. The lowest BCUT2D eigenvalue weighted by Crippen LogP contribution is -2.22. The van der Waals surface area contributed by atoms with Gasteiger partial charge in [0, 0.05) is 12.1 Å². The molecule has 1 aromatic carbocycles. The summed E-state index contributed by atoms with van der Waals surface area (Å²) in [4.78, 5) is 0. The molecule has 0 saturated carbocycles. The summed E-state index contributed by atoms with van der Waals surface area (Å²) in [7, 11) is 3.69. The molecular weight excluding hydrogens is 262 g/mol. The third-order valence-electron chi connectivity index (χ3n) is 3.80. The van der Waals surface area contributed by atoms with Crippen molar-refractivity contribution in [1.82, 2.24) is 15.1 Å². The molecule has 0 aliphatic heterocycles. The molecule has 0 fully saturated rings. The molecule has 0 aliphatic rings. The molecule has 0 aliphatic carbocycles. The highest BCUT2D eigenvalue weighted by Crippen LogP contribution is 2.31. The molecule has 114 valence electrons. The van der Waals surface area contributed by atoms with Crippen molar-refractivity contribution in [1.29, 1.82) is 0 Å². The van der Waals surface area contributed by atoms with Crippen molar-refractivity contribution in [2.24, 2.45) is 0 Å². The van der Waals surface area contributed by atoms with Gasteiger partial charge < -0.3 is 10.1 Å². The summed E-state index contributed by atoms with van der Waals surface area (Å²) in [6.45, 7) is 7.22. The zero-order chi connectivity index (χ0) is 15.4. The normalized spacial score (nSPS) is 12.4. The van der Waals surface area contributed by atoms with Gasteiger partial charge in [0.25, 0.3) is 0 Å². The van der Waals surface area contributed by atoms with Crippen LogP contribution in [0.2, 0.25) is 0 Å². The molecule has 1 heterocycles. The molecule has 4 nitrogen and oxygen atoms in total. The minimum absolute atomic E-state index is 0.0765. The number of rotatable bonds is 6. The van der Waals surface area contributed by atoms with E-state index in [-0.39, 0.29) is 6.04 Å². The minimum atomic E-state index is 0.0765. The summed E-state index contributed by atoms with van der Waals surface area (Å²) in [6.07, 6.45) is 0.946. The highest BCUT2D eigenvalue weighted by molar-refractivity contribution is 5.42. The lowest BCUT2D eigenvalue weighted by Gasteiger charge is -2.21. The first kappa shape index (κ1) is 15.6. The number of benzene rings is 1. The molecule has 1 aromatic heterocycles. The van der Waals surface area contributed by atoms with Gasteiger partial charge in [0.2, 0.25) is 0 Å². The largest absolute Gasteiger partial charge is 0.496 e. The van der Waals surface area contributed by atoms with Crippen LogP contribution in [0.3, 0.4) is 0 Å². The maximum Gasteiger partial charge on any atom is 0.124 e. The second-order valence-corrected chi connectivity index (χ2v) is 5.20. The summed E-state index contributed by atoms with van der Waals surface area (Å²) in [5, 5.41) is 8.06. The Bertz CT molecular complexity index is 604. The average molecular weight is 287 g/mol. The monoisotopic (exact) mass is 287 g/mol. The van der Waals surface area contributed by atoms with Crippen LogP contribution in [0.5, 0.6) is 5.75 Å². The van der Waals surface area contributed by atoms with Gasteiger partial charge in [-0.05, 0) is 39.4 Å². The molecule has 2 aromatic rings. The Morgan fingerprint density at radius 2 is 2.05 bits per heavy atom. The fraction of sp³-hybridized carbons (Fsp3) is 0.471. The van der Waals surface area contributed by atoms with Gasteiger partial charge in [-0.25, -0.2) is 0 Å². The predicted molar refractivity (Wildman–Crippen MR) is 85.9 cm³/mol. The number of nitrogens with zero attached hydrogens (tertiary/aromatic N) is 2. The van der Waals surface area contributed by atoms with Crippen molar-refractivity contribution in [2.45, 2.75) is 39.8 Å². The topological polar surface area (TPSA) is 39.1 Å². The summed E-state index contributed by atoms with van der Waals surface area (Å²) >= 11 is 0. The van der Waals surface area contributed by atoms with E-state index in [2.05, 4.69) is 54.1 Å². The molecule has 4 heteroatoms. The quantitative estimate of drug-likeness (QED) is 0.887. The fourth-order valence-corrected chi connectivity index (χ4v) is 2.69. The van der Waals surface area contributed by atoms with E-state index in [4.69, 9.17) is 4.74 Å². The third-order valence-corrected chi connectivity index (χ3v) is 3.80. The van der Waals surface area contributed by atoms with Gasteiger partial charge in [-0.15, -0.1) is 0 Å². The van der Waals surface area contributed by atoms with Crippen LogP contribution in [0, 0.1) is 6.92 Å². The van der Waals surface area contributed by atoms with E-state index in [1.165, 1.54) is 11.3 Å². The fourth-order valence-electron chi connectivity index (χ4n) is 2.69. The number of nitrogens with one attached hydrogen (secondary N) is 1. The van der Waals surface area contributed by atoms with Crippen molar-refractivity contribution in [3.05, 3.63) is 46.8 Å². The number of hydrogen-bond acceptors (Lipinski definition) is 3. The molecule has 0 radical (unpaired) electrons. The first-order chi connectivity index (χ1) is 10.1. The van der Waals surface area contributed by atoms with Crippen LogP contribution in [-0.4, -0.2) is 23.9 Å². The molecule has 1 unspecified atom stereocenters. The molecular formula is C17H25N3O. The molecule has 2 rings (SSSR count). The predicted octanol–water partition coefficient (Wildman–Crippen LogP) is 3.09. The van der Waals surface area contributed by atoms with E-state index >= 15 is 0 Å².